The van der Waals surface area contributed by atoms with E-state index >= 15 is 0 Å². The van der Waals surface area contributed by atoms with Gasteiger partial charge in [0, 0.05) is 26.2 Å². The molecule has 2 fully saturated rings. The van der Waals surface area contributed by atoms with Gasteiger partial charge in [0.25, 0.3) is 5.91 Å². The molecule has 2 heterocycles. The molecular weight excluding hydrogens is 366 g/mol. The number of morpholine rings is 1. The number of amides is 1. The molecule has 2 aliphatic rings. The highest BCUT2D eigenvalue weighted by atomic mass is 32.1. The summed E-state index contributed by atoms with van der Waals surface area (Å²) in [7, 11) is 1.33. The second-order valence-corrected chi connectivity index (χ2v) is 6.95. The zero-order valence-corrected chi connectivity index (χ0v) is 16.3. The van der Waals surface area contributed by atoms with Crippen LogP contribution in [0.4, 0.5) is 5.69 Å². The average Bonchev–Trinajstić information content (AvgIpc) is 2.93. The van der Waals surface area contributed by atoms with E-state index in [1.54, 1.807) is 0 Å². The number of rotatable bonds is 7. The number of hydrogen-bond acceptors (Lipinski definition) is 6. The summed E-state index contributed by atoms with van der Waals surface area (Å²) in [6.45, 7) is 4.89. The Morgan fingerprint density at radius 3 is 2.59 bits per heavy atom. The standard InChI is InChI=1S/C19H25N3O4S/c1-25-17(23)14-16-18(24)22(15-6-3-2-4-7-15)19(27)21(16)9-5-8-20-10-12-26-13-11-20/h2-4,6-7,16H,5,8-14H2,1H3/t16-/m1/s1. The molecule has 2 saturated heterocycles. The van der Waals surface area contributed by atoms with Crippen LogP contribution in [0.25, 0.3) is 0 Å². The van der Waals surface area contributed by atoms with Gasteiger partial charge in [-0.3, -0.25) is 19.4 Å². The van der Waals surface area contributed by atoms with E-state index < -0.39 is 12.0 Å². The maximum absolute atomic E-state index is 13.0. The lowest BCUT2D eigenvalue weighted by molar-refractivity contribution is -0.143. The molecule has 1 aromatic rings. The molecule has 0 saturated carbocycles. The third-order valence-corrected chi connectivity index (χ3v) is 5.31. The molecule has 7 nitrogen and oxygen atoms in total. The first-order chi connectivity index (χ1) is 13.1. The zero-order chi connectivity index (χ0) is 19.2. The Hall–Kier alpha value is -2.03. The molecule has 0 N–H and O–H groups in total. The Bertz CT molecular complexity index is 679. The summed E-state index contributed by atoms with van der Waals surface area (Å²) in [5.74, 6) is -0.591. The predicted octanol–water partition coefficient (Wildman–Crippen LogP) is 1.27. The maximum atomic E-state index is 13.0. The lowest BCUT2D eigenvalue weighted by atomic mass is 10.1. The number of anilines is 1. The largest absolute Gasteiger partial charge is 0.469 e. The Morgan fingerprint density at radius 1 is 1.22 bits per heavy atom. The number of nitrogens with zero attached hydrogens (tertiary/aromatic N) is 3. The van der Waals surface area contributed by atoms with Crippen molar-refractivity contribution in [3.8, 4) is 0 Å². The van der Waals surface area contributed by atoms with E-state index in [1.807, 2.05) is 35.2 Å². The fourth-order valence-electron chi connectivity index (χ4n) is 3.43. The van der Waals surface area contributed by atoms with Crippen LogP contribution in [0.1, 0.15) is 12.8 Å². The molecule has 3 rings (SSSR count). The molecule has 1 atom stereocenters. The van der Waals surface area contributed by atoms with Gasteiger partial charge in [0.05, 0.1) is 32.4 Å². The third-order valence-electron chi connectivity index (χ3n) is 4.90. The number of methoxy groups -OCH3 is 1. The average molecular weight is 391 g/mol. The Labute approximate surface area is 164 Å². The summed E-state index contributed by atoms with van der Waals surface area (Å²) in [4.78, 5) is 30.6. The second-order valence-electron chi connectivity index (χ2n) is 6.59. The Balaban J connectivity index is 1.70. The molecule has 0 aliphatic carbocycles. The topological polar surface area (TPSA) is 62.3 Å². The maximum Gasteiger partial charge on any atom is 0.308 e. The molecule has 0 aromatic heterocycles. The van der Waals surface area contributed by atoms with Crippen LogP contribution in [0.2, 0.25) is 0 Å². The molecule has 1 aromatic carbocycles. The molecule has 8 heteroatoms. The quantitative estimate of drug-likeness (QED) is 0.512. The SMILES string of the molecule is COC(=O)C[C@@H]1C(=O)N(c2ccccc2)C(=S)N1CCCN1CCOCC1. The summed E-state index contributed by atoms with van der Waals surface area (Å²) in [6, 6.07) is 8.69. The molecule has 146 valence electrons. The van der Waals surface area contributed by atoms with Crippen LogP contribution in [-0.4, -0.2) is 79.3 Å². The van der Waals surface area contributed by atoms with Crippen molar-refractivity contribution in [3.05, 3.63) is 30.3 Å². The molecule has 0 spiro atoms. The van der Waals surface area contributed by atoms with Gasteiger partial charge in [-0.25, -0.2) is 0 Å². The number of hydrogen-bond donors (Lipinski definition) is 0. The Morgan fingerprint density at radius 2 is 1.93 bits per heavy atom. The van der Waals surface area contributed by atoms with Crippen LogP contribution in [-0.2, 0) is 19.1 Å². The fraction of sp³-hybridized carbons (Fsp3) is 0.526. The number of para-hydroxylation sites is 1. The van der Waals surface area contributed by atoms with Gasteiger partial charge in [-0.05, 0) is 30.8 Å². The summed E-state index contributed by atoms with van der Waals surface area (Å²) in [6.07, 6.45) is 0.851. The molecule has 0 unspecified atom stereocenters. The first-order valence-electron chi connectivity index (χ1n) is 9.18. The molecule has 27 heavy (non-hydrogen) atoms. The van der Waals surface area contributed by atoms with Gasteiger partial charge in [0.15, 0.2) is 5.11 Å². The van der Waals surface area contributed by atoms with E-state index in [0.29, 0.717) is 11.7 Å². The van der Waals surface area contributed by atoms with Crippen molar-refractivity contribution < 1.29 is 19.1 Å². The highest BCUT2D eigenvalue weighted by molar-refractivity contribution is 7.80. The number of carbonyl (C=O) groups is 2. The second kappa shape index (κ2) is 9.25. The summed E-state index contributed by atoms with van der Waals surface area (Å²) in [5, 5.41) is 0.446. The monoisotopic (exact) mass is 391 g/mol. The number of esters is 1. The van der Waals surface area contributed by atoms with Crippen LogP contribution < -0.4 is 4.90 Å². The van der Waals surface area contributed by atoms with Crippen molar-refractivity contribution in [2.45, 2.75) is 18.9 Å². The highest BCUT2D eigenvalue weighted by Gasteiger charge is 2.44. The number of thiocarbonyl (C=S) groups is 1. The van der Waals surface area contributed by atoms with Crippen molar-refractivity contribution in [1.82, 2.24) is 9.80 Å². The summed E-state index contributed by atoms with van der Waals surface area (Å²) >= 11 is 5.60. The molecule has 0 radical (unpaired) electrons. The lowest BCUT2D eigenvalue weighted by Gasteiger charge is -2.28. The minimum absolute atomic E-state index is 0.00361. The fourth-order valence-corrected chi connectivity index (χ4v) is 3.85. The zero-order valence-electron chi connectivity index (χ0n) is 15.5. The van der Waals surface area contributed by atoms with E-state index in [9.17, 15) is 9.59 Å². The van der Waals surface area contributed by atoms with E-state index in [1.165, 1.54) is 12.0 Å². The van der Waals surface area contributed by atoms with Crippen molar-refractivity contribution in [2.75, 3.05) is 51.4 Å². The molecular formula is C19H25N3O4S. The van der Waals surface area contributed by atoms with Gasteiger partial charge < -0.3 is 14.4 Å². The third kappa shape index (κ3) is 4.63. The molecule has 0 bridgehead atoms. The van der Waals surface area contributed by atoms with Crippen molar-refractivity contribution in [1.29, 1.82) is 0 Å². The van der Waals surface area contributed by atoms with Gasteiger partial charge in [-0.1, -0.05) is 18.2 Å². The van der Waals surface area contributed by atoms with Crippen LogP contribution in [0.3, 0.4) is 0 Å². The molecule has 2 aliphatic heterocycles. The van der Waals surface area contributed by atoms with Gasteiger partial charge in [-0.2, -0.15) is 0 Å². The van der Waals surface area contributed by atoms with E-state index in [2.05, 4.69) is 4.90 Å². The number of carbonyl (C=O) groups excluding carboxylic acids is 2. The molecule has 1 amide bonds. The van der Waals surface area contributed by atoms with Crippen molar-refractivity contribution >= 4 is 34.9 Å². The first-order valence-corrected chi connectivity index (χ1v) is 9.59. The van der Waals surface area contributed by atoms with Crippen molar-refractivity contribution in [2.24, 2.45) is 0 Å². The van der Waals surface area contributed by atoms with Gasteiger partial charge in [0.2, 0.25) is 0 Å². The first kappa shape index (κ1) is 19.7. The minimum Gasteiger partial charge on any atom is -0.469 e. The van der Waals surface area contributed by atoms with Crippen molar-refractivity contribution in [3.63, 3.8) is 0 Å². The normalized spacial score (nSPS) is 21.0. The predicted molar refractivity (Wildman–Crippen MR) is 106 cm³/mol. The van der Waals surface area contributed by atoms with Crippen LogP contribution in [0.15, 0.2) is 30.3 Å². The lowest BCUT2D eigenvalue weighted by Crippen LogP contribution is -2.41. The van der Waals surface area contributed by atoms with Gasteiger partial charge in [-0.15, -0.1) is 0 Å². The summed E-state index contributed by atoms with van der Waals surface area (Å²) < 4.78 is 10.2. The van der Waals surface area contributed by atoms with Gasteiger partial charge in [0.1, 0.15) is 6.04 Å². The summed E-state index contributed by atoms with van der Waals surface area (Å²) in [5.41, 5.74) is 0.720. The van der Waals surface area contributed by atoms with Crippen LogP contribution in [0, 0.1) is 0 Å². The van der Waals surface area contributed by atoms with E-state index in [-0.39, 0.29) is 12.3 Å². The van der Waals surface area contributed by atoms with Gasteiger partial charge >= 0.3 is 5.97 Å². The number of ether oxygens (including phenoxy) is 2. The number of benzene rings is 1. The van der Waals surface area contributed by atoms with Crippen LogP contribution in [0.5, 0.6) is 0 Å². The smallest absolute Gasteiger partial charge is 0.308 e. The Kier molecular flexibility index (Phi) is 6.76. The minimum atomic E-state index is -0.616. The van der Waals surface area contributed by atoms with E-state index in [4.69, 9.17) is 21.7 Å². The van der Waals surface area contributed by atoms with E-state index in [0.717, 1.165) is 45.0 Å². The van der Waals surface area contributed by atoms with Crippen LogP contribution >= 0.6 is 12.2 Å². The highest BCUT2D eigenvalue weighted by Crippen LogP contribution is 2.27.